The number of alkyl halides is 1. The second kappa shape index (κ2) is 6.89. The minimum absolute atomic E-state index is 0.312. The maximum Gasteiger partial charge on any atom is 0.123 e. The van der Waals surface area contributed by atoms with Gasteiger partial charge < -0.3 is 10.1 Å². The molecule has 0 atom stereocenters. The van der Waals surface area contributed by atoms with E-state index >= 15 is 0 Å². The molecule has 19 heavy (non-hydrogen) atoms. The van der Waals surface area contributed by atoms with Crippen LogP contribution in [-0.2, 0) is 19.6 Å². The monoisotopic (exact) mass is 263 g/mol. The molecule has 1 aromatic heterocycles. The van der Waals surface area contributed by atoms with Crippen molar-refractivity contribution in [1.29, 1.82) is 0 Å². The lowest BCUT2D eigenvalue weighted by Crippen LogP contribution is -2.13. The highest BCUT2D eigenvalue weighted by atomic mass is 19.1. The number of para-hydroxylation sites is 1. The molecule has 4 nitrogen and oxygen atoms in total. The Morgan fingerprint density at radius 3 is 2.95 bits per heavy atom. The molecule has 1 aromatic carbocycles. The number of hydrogen-bond acceptors (Lipinski definition) is 3. The lowest BCUT2D eigenvalue weighted by molar-refractivity contribution is 0.407. The fraction of sp³-hybridized carbons (Fsp3) is 0.357. The van der Waals surface area contributed by atoms with Crippen LogP contribution in [0.4, 0.5) is 4.39 Å². The second-order valence-electron chi connectivity index (χ2n) is 4.22. The number of methoxy groups -OCH3 is 1. The molecule has 0 radical (unpaired) electrons. The molecule has 1 N–H and O–H groups in total. The van der Waals surface area contributed by atoms with Crippen LogP contribution in [0, 0.1) is 0 Å². The minimum Gasteiger partial charge on any atom is -0.496 e. The summed E-state index contributed by atoms with van der Waals surface area (Å²) < 4.78 is 19.1. The van der Waals surface area contributed by atoms with E-state index in [2.05, 4.69) is 10.4 Å². The van der Waals surface area contributed by atoms with E-state index in [1.807, 2.05) is 30.5 Å². The van der Waals surface area contributed by atoms with Crippen LogP contribution < -0.4 is 10.1 Å². The molecular formula is C14H18FN3O. The van der Waals surface area contributed by atoms with Gasteiger partial charge in [-0.05, 0) is 6.07 Å². The van der Waals surface area contributed by atoms with Gasteiger partial charge in [-0.1, -0.05) is 18.2 Å². The molecule has 0 aliphatic carbocycles. The Balaban J connectivity index is 1.85. The predicted molar refractivity (Wildman–Crippen MR) is 71.7 cm³/mol. The van der Waals surface area contributed by atoms with Crippen molar-refractivity contribution in [3.63, 3.8) is 0 Å². The Labute approximate surface area is 112 Å². The number of aromatic nitrogens is 2. The first-order valence-corrected chi connectivity index (χ1v) is 6.23. The summed E-state index contributed by atoms with van der Waals surface area (Å²) in [5.74, 6) is 0.878. The summed E-state index contributed by atoms with van der Waals surface area (Å²) in [4.78, 5) is 0. The van der Waals surface area contributed by atoms with Gasteiger partial charge >= 0.3 is 0 Å². The van der Waals surface area contributed by atoms with Crippen LogP contribution in [0.15, 0.2) is 36.7 Å². The number of benzene rings is 1. The molecule has 1 heterocycles. The van der Waals surface area contributed by atoms with Gasteiger partial charge in [0.1, 0.15) is 12.4 Å². The van der Waals surface area contributed by atoms with Gasteiger partial charge in [0.25, 0.3) is 0 Å². The lowest BCUT2D eigenvalue weighted by Gasteiger charge is -2.08. The molecule has 0 saturated heterocycles. The zero-order valence-electron chi connectivity index (χ0n) is 11.0. The van der Waals surface area contributed by atoms with Gasteiger partial charge in [-0.3, -0.25) is 4.68 Å². The van der Waals surface area contributed by atoms with Gasteiger partial charge in [0.05, 0.1) is 19.9 Å². The van der Waals surface area contributed by atoms with Crippen LogP contribution in [0.3, 0.4) is 0 Å². The molecule has 2 rings (SSSR count). The Kier molecular flexibility index (Phi) is 4.92. The summed E-state index contributed by atoms with van der Waals surface area (Å²) in [6, 6.07) is 7.90. The SMILES string of the molecule is COc1ccccc1CNCc1cnn(CCF)c1. The zero-order valence-corrected chi connectivity index (χ0v) is 11.0. The normalized spacial score (nSPS) is 10.6. The lowest BCUT2D eigenvalue weighted by atomic mass is 10.2. The van der Waals surface area contributed by atoms with E-state index in [4.69, 9.17) is 4.74 Å². The van der Waals surface area contributed by atoms with Crippen molar-refractivity contribution in [2.24, 2.45) is 0 Å². The molecule has 0 bridgehead atoms. The molecule has 0 aliphatic rings. The van der Waals surface area contributed by atoms with Crippen molar-refractivity contribution in [1.82, 2.24) is 15.1 Å². The van der Waals surface area contributed by atoms with E-state index in [-0.39, 0.29) is 0 Å². The van der Waals surface area contributed by atoms with E-state index in [1.165, 1.54) is 0 Å². The smallest absolute Gasteiger partial charge is 0.123 e. The molecule has 0 spiro atoms. The largest absolute Gasteiger partial charge is 0.496 e. The van der Waals surface area contributed by atoms with E-state index in [1.54, 1.807) is 18.0 Å². The Morgan fingerprint density at radius 1 is 1.32 bits per heavy atom. The summed E-state index contributed by atoms with van der Waals surface area (Å²) in [5.41, 5.74) is 2.16. The zero-order chi connectivity index (χ0) is 13.5. The van der Waals surface area contributed by atoms with E-state index in [0.717, 1.165) is 23.4 Å². The quantitative estimate of drug-likeness (QED) is 0.832. The Bertz CT molecular complexity index is 513. The highest BCUT2D eigenvalue weighted by Crippen LogP contribution is 2.16. The van der Waals surface area contributed by atoms with Gasteiger partial charge in [0, 0.05) is 30.4 Å². The first-order valence-electron chi connectivity index (χ1n) is 6.23. The standard InChI is InChI=1S/C14H18FN3O/c1-19-14-5-3-2-4-13(14)10-16-8-12-9-17-18(11-12)7-6-15/h2-5,9,11,16H,6-8,10H2,1H3. The van der Waals surface area contributed by atoms with Crippen LogP contribution >= 0.6 is 0 Å². The van der Waals surface area contributed by atoms with Crippen molar-refractivity contribution in [2.45, 2.75) is 19.6 Å². The van der Waals surface area contributed by atoms with Gasteiger partial charge in [-0.25, -0.2) is 4.39 Å². The topological polar surface area (TPSA) is 39.1 Å². The first kappa shape index (κ1) is 13.5. The molecule has 0 aliphatic heterocycles. The van der Waals surface area contributed by atoms with Crippen molar-refractivity contribution in [3.8, 4) is 5.75 Å². The van der Waals surface area contributed by atoms with E-state index in [9.17, 15) is 4.39 Å². The van der Waals surface area contributed by atoms with Gasteiger partial charge in [-0.15, -0.1) is 0 Å². The third-order valence-electron chi connectivity index (χ3n) is 2.84. The fourth-order valence-electron chi connectivity index (χ4n) is 1.90. The second-order valence-corrected chi connectivity index (χ2v) is 4.22. The summed E-state index contributed by atoms with van der Waals surface area (Å²) >= 11 is 0. The number of rotatable bonds is 7. The summed E-state index contributed by atoms with van der Waals surface area (Å²) in [5, 5.41) is 7.40. The van der Waals surface area contributed by atoms with Gasteiger partial charge in [0.2, 0.25) is 0 Å². The summed E-state index contributed by atoms with van der Waals surface area (Å²) in [7, 11) is 1.67. The molecule has 2 aromatic rings. The Hall–Kier alpha value is -1.88. The maximum absolute atomic E-state index is 12.2. The highest BCUT2D eigenvalue weighted by molar-refractivity contribution is 5.33. The van der Waals surface area contributed by atoms with Crippen LogP contribution in [-0.4, -0.2) is 23.6 Å². The molecule has 0 unspecified atom stereocenters. The van der Waals surface area contributed by atoms with E-state index in [0.29, 0.717) is 13.1 Å². The number of nitrogens with one attached hydrogen (secondary N) is 1. The van der Waals surface area contributed by atoms with Crippen molar-refractivity contribution < 1.29 is 9.13 Å². The van der Waals surface area contributed by atoms with Crippen LogP contribution in [0.25, 0.3) is 0 Å². The molecule has 0 amide bonds. The molecule has 5 heteroatoms. The third-order valence-corrected chi connectivity index (χ3v) is 2.84. The molecule has 102 valence electrons. The number of hydrogen-bond donors (Lipinski definition) is 1. The van der Waals surface area contributed by atoms with Crippen molar-refractivity contribution in [2.75, 3.05) is 13.8 Å². The summed E-state index contributed by atoms with van der Waals surface area (Å²) in [6.45, 7) is 1.34. The highest BCUT2D eigenvalue weighted by Gasteiger charge is 2.02. The van der Waals surface area contributed by atoms with Crippen LogP contribution in [0.1, 0.15) is 11.1 Å². The van der Waals surface area contributed by atoms with E-state index < -0.39 is 6.67 Å². The number of halogens is 1. The fourth-order valence-corrected chi connectivity index (χ4v) is 1.90. The minimum atomic E-state index is -0.393. The maximum atomic E-state index is 12.2. The average molecular weight is 263 g/mol. The first-order chi connectivity index (χ1) is 9.33. The Morgan fingerprint density at radius 2 is 2.16 bits per heavy atom. The average Bonchev–Trinajstić information content (AvgIpc) is 2.87. The predicted octanol–water partition coefficient (Wildman–Crippen LogP) is 2.15. The molecule has 0 saturated carbocycles. The third kappa shape index (κ3) is 3.79. The van der Waals surface area contributed by atoms with Gasteiger partial charge in [0.15, 0.2) is 0 Å². The van der Waals surface area contributed by atoms with Gasteiger partial charge in [-0.2, -0.15) is 5.10 Å². The summed E-state index contributed by atoms with van der Waals surface area (Å²) in [6.07, 6.45) is 3.61. The number of ether oxygens (including phenoxy) is 1. The van der Waals surface area contributed by atoms with Crippen LogP contribution in [0.5, 0.6) is 5.75 Å². The molecule has 0 fully saturated rings. The van der Waals surface area contributed by atoms with Crippen molar-refractivity contribution in [3.05, 3.63) is 47.8 Å². The molecular weight excluding hydrogens is 245 g/mol. The number of aryl methyl sites for hydroxylation is 1. The number of nitrogens with zero attached hydrogens (tertiary/aromatic N) is 2. The van der Waals surface area contributed by atoms with Crippen molar-refractivity contribution >= 4 is 0 Å². The van der Waals surface area contributed by atoms with Crippen LogP contribution in [0.2, 0.25) is 0 Å².